The van der Waals surface area contributed by atoms with Crippen LogP contribution in [0.5, 0.6) is 0 Å². The maximum Gasteiger partial charge on any atom is 0.462 e. The van der Waals surface area contributed by atoms with Crippen LogP contribution in [-0.4, -0.2) is 11.5 Å². The first kappa shape index (κ1) is 8.37. The van der Waals surface area contributed by atoms with Crippen LogP contribution in [0.2, 0.25) is 0 Å². The fraction of sp³-hybridized carbons (Fsp3) is 0.333. The van der Waals surface area contributed by atoms with Crippen molar-refractivity contribution < 1.29 is 18.7 Å². The van der Waals surface area contributed by atoms with E-state index in [0.717, 1.165) is 0 Å². The molecule has 0 spiro atoms. The average molecular weight is 176 g/mol. The first-order chi connectivity index (χ1) is 5.24. The van der Waals surface area contributed by atoms with Gasteiger partial charge < -0.3 is 18.7 Å². The van der Waals surface area contributed by atoms with Gasteiger partial charge in [-0.05, 0) is 0 Å². The van der Waals surface area contributed by atoms with Crippen molar-refractivity contribution in [1.82, 2.24) is 0 Å². The van der Waals surface area contributed by atoms with Gasteiger partial charge >= 0.3 is 14.5 Å². The van der Waals surface area contributed by atoms with E-state index in [1.807, 2.05) is 0 Å². The number of rotatable bonds is 3. The molecular formula is C6H9O4P. The van der Waals surface area contributed by atoms with E-state index in [4.69, 9.17) is 18.7 Å². The zero-order chi connectivity index (χ0) is 8.27. The molecule has 1 unspecified atom stereocenters. The van der Waals surface area contributed by atoms with Gasteiger partial charge in [-0.2, -0.15) is 0 Å². The van der Waals surface area contributed by atoms with E-state index in [-0.39, 0.29) is 5.95 Å². The molecule has 0 fully saturated rings. The summed E-state index contributed by atoms with van der Waals surface area (Å²) in [5.41, 5.74) is 0. The summed E-state index contributed by atoms with van der Waals surface area (Å²) in [4.78, 5) is 8.84. The monoisotopic (exact) mass is 176 g/mol. The van der Waals surface area contributed by atoms with E-state index >= 15 is 0 Å². The lowest BCUT2D eigenvalue weighted by atomic mass is 10.6. The second kappa shape index (κ2) is 3.60. The van der Waals surface area contributed by atoms with Crippen LogP contribution < -0.4 is 0 Å². The fourth-order valence-corrected chi connectivity index (χ4v) is 1.24. The zero-order valence-corrected chi connectivity index (χ0v) is 7.01. The summed E-state index contributed by atoms with van der Waals surface area (Å²) in [6, 6.07) is 0. The number of allylic oxidation sites excluding steroid dienone is 1. The van der Waals surface area contributed by atoms with Crippen molar-refractivity contribution in [3.05, 3.63) is 24.4 Å². The summed E-state index contributed by atoms with van der Waals surface area (Å²) in [5.74, 6) is 0.721. The molecule has 4 nitrogen and oxygen atoms in total. The second-order valence-corrected chi connectivity index (χ2v) is 2.70. The van der Waals surface area contributed by atoms with Crippen LogP contribution in [-0.2, 0) is 13.8 Å². The van der Waals surface area contributed by atoms with Crippen LogP contribution in [0.25, 0.3) is 0 Å². The van der Waals surface area contributed by atoms with Crippen LogP contribution in [0.1, 0.15) is 6.92 Å². The van der Waals surface area contributed by atoms with Crippen molar-refractivity contribution in [2.24, 2.45) is 0 Å². The van der Waals surface area contributed by atoms with Crippen LogP contribution >= 0.6 is 8.60 Å². The van der Waals surface area contributed by atoms with E-state index < -0.39 is 8.60 Å². The Morgan fingerprint density at radius 2 is 2.45 bits per heavy atom. The topological polar surface area (TPSA) is 47.9 Å². The number of ether oxygens (including phenoxy) is 1. The Bertz CT molecular complexity index is 189. The molecule has 1 rings (SSSR count). The molecule has 1 aliphatic heterocycles. The summed E-state index contributed by atoms with van der Waals surface area (Å²) in [7, 11) is -1.79. The molecule has 5 heteroatoms. The quantitative estimate of drug-likeness (QED) is 0.524. The molecule has 62 valence electrons. The minimum Gasteiger partial charge on any atom is -0.459 e. The number of hydrogen-bond acceptors (Lipinski definition) is 4. The highest BCUT2D eigenvalue weighted by molar-refractivity contribution is 7.41. The third-order valence-corrected chi connectivity index (χ3v) is 1.75. The van der Waals surface area contributed by atoms with E-state index in [2.05, 4.69) is 6.58 Å². The Morgan fingerprint density at radius 3 is 2.91 bits per heavy atom. The van der Waals surface area contributed by atoms with E-state index in [1.54, 1.807) is 13.0 Å². The highest BCUT2D eigenvalue weighted by atomic mass is 31.2. The Labute approximate surface area is 66.1 Å². The molecule has 0 amide bonds. The molecule has 0 saturated carbocycles. The molecule has 1 atom stereocenters. The maximum absolute atomic E-state index is 8.84. The van der Waals surface area contributed by atoms with Gasteiger partial charge in [0, 0.05) is 6.92 Å². The molecular weight excluding hydrogens is 167 g/mol. The summed E-state index contributed by atoms with van der Waals surface area (Å²) < 4.78 is 14.6. The fourth-order valence-electron chi connectivity index (χ4n) is 0.571. The normalized spacial score (nSPS) is 22.5. The first-order valence-corrected chi connectivity index (χ1v) is 4.16. The molecule has 0 saturated heterocycles. The highest BCUT2D eigenvalue weighted by Gasteiger charge is 2.25. The minimum absolute atomic E-state index is 0.249. The molecule has 0 radical (unpaired) electrons. The Morgan fingerprint density at radius 1 is 1.73 bits per heavy atom. The molecule has 0 aromatic rings. The summed E-state index contributed by atoms with van der Waals surface area (Å²) in [6.45, 7) is 5.47. The summed E-state index contributed by atoms with van der Waals surface area (Å²) in [5, 5.41) is 0. The predicted octanol–water partition coefficient (Wildman–Crippen LogP) is 1.64. The van der Waals surface area contributed by atoms with Gasteiger partial charge in [0.2, 0.25) is 0 Å². The van der Waals surface area contributed by atoms with Crippen LogP contribution in [0.15, 0.2) is 24.4 Å². The van der Waals surface area contributed by atoms with Gasteiger partial charge in [0.05, 0.1) is 0 Å². The molecule has 1 heterocycles. The molecule has 0 aromatic heterocycles. The van der Waals surface area contributed by atoms with Gasteiger partial charge in [-0.1, -0.05) is 12.7 Å². The van der Waals surface area contributed by atoms with Gasteiger partial charge in [0.15, 0.2) is 5.76 Å². The maximum atomic E-state index is 8.84. The SMILES string of the molecule is C=CCOC1=C(C)OP(O)O1. The largest absolute Gasteiger partial charge is 0.462 e. The molecule has 0 aliphatic carbocycles. The first-order valence-electron chi connectivity index (χ1n) is 3.03. The van der Waals surface area contributed by atoms with Crippen molar-refractivity contribution in [3.8, 4) is 0 Å². The van der Waals surface area contributed by atoms with Gasteiger partial charge in [-0.25, -0.2) is 0 Å². The molecule has 1 aliphatic rings. The standard InChI is InChI=1S/C6H9O4P/c1-3-4-8-6-5(2)9-11(7)10-6/h3,7H,1,4H2,2H3. The van der Waals surface area contributed by atoms with Gasteiger partial charge in [-0.3, -0.25) is 0 Å². The van der Waals surface area contributed by atoms with Crippen molar-refractivity contribution in [3.63, 3.8) is 0 Å². The molecule has 0 bridgehead atoms. The highest BCUT2D eigenvalue weighted by Crippen LogP contribution is 2.45. The van der Waals surface area contributed by atoms with Gasteiger partial charge in [-0.15, -0.1) is 0 Å². The summed E-state index contributed by atoms with van der Waals surface area (Å²) >= 11 is 0. The van der Waals surface area contributed by atoms with E-state index in [0.29, 0.717) is 12.4 Å². The van der Waals surface area contributed by atoms with Crippen molar-refractivity contribution in [1.29, 1.82) is 0 Å². The Hall–Kier alpha value is -0.730. The third kappa shape index (κ3) is 2.10. The van der Waals surface area contributed by atoms with Gasteiger partial charge in [0.1, 0.15) is 6.61 Å². The van der Waals surface area contributed by atoms with E-state index in [1.165, 1.54) is 0 Å². The van der Waals surface area contributed by atoms with Crippen LogP contribution in [0, 0.1) is 0 Å². The minimum atomic E-state index is -1.79. The molecule has 0 aromatic carbocycles. The number of hydrogen-bond donors (Lipinski definition) is 1. The van der Waals surface area contributed by atoms with Crippen molar-refractivity contribution in [2.75, 3.05) is 6.61 Å². The van der Waals surface area contributed by atoms with Crippen molar-refractivity contribution in [2.45, 2.75) is 6.92 Å². The Kier molecular flexibility index (Phi) is 2.74. The van der Waals surface area contributed by atoms with Crippen molar-refractivity contribution >= 4 is 8.60 Å². The average Bonchev–Trinajstić information content (AvgIpc) is 2.26. The zero-order valence-electron chi connectivity index (χ0n) is 6.11. The smallest absolute Gasteiger partial charge is 0.459 e. The lowest BCUT2D eigenvalue weighted by Gasteiger charge is -2.01. The van der Waals surface area contributed by atoms with Crippen LogP contribution in [0.4, 0.5) is 0 Å². The van der Waals surface area contributed by atoms with Crippen LogP contribution in [0.3, 0.4) is 0 Å². The lowest BCUT2D eigenvalue weighted by molar-refractivity contribution is 0.131. The summed E-state index contributed by atoms with van der Waals surface area (Å²) in [6.07, 6.45) is 1.58. The molecule has 11 heavy (non-hydrogen) atoms. The van der Waals surface area contributed by atoms with E-state index in [9.17, 15) is 0 Å². The Balaban J connectivity index is 2.43. The van der Waals surface area contributed by atoms with Gasteiger partial charge in [0.25, 0.3) is 0 Å². The third-order valence-electron chi connectivity index (χ3n) is 0.996. The second-order valence-electron chi connectivity index (χ2n) is 1.86. The molecule has 1 N–H and O–H groups in total. The predicted molar refractivity (Wildman–Crippen MR) is 40.2 cm³/mol. The lowest BCUT2D eigenvalue weighted by Crippen LogP contribution is -1.91.